The summed E-state index contributed by atoms with van der Waals surface area (Å²) in [6.45, 7) is 0. The van der Waals surface area contributed by atoms with Crippen molar-refractivity contribution < 1.29 is 71.3 Å². The Morgan fingerprint density at radius 3 is 0.692 bits per heavy atom. The maximum Gasteiger partial charge on any atom is 0.291 e. The summed E-state index contributed by atoms with van der Waals surface area (Å²) in [4.78, 5) is 25.1. The van der Waals surface area contributed by atoms with Crippen molar-refractivity contribution in [3.63, 3.8) is 0 Å². The molecule has 0 aromatic carbocycles. The third kappa shape index (κ3) is 774. The quantitative estimate of drug-likeness (QED) is 0.365. The van der Waals surface area contributed by atoms with Gasteiger partial charge in [0.05, 0.1) is 0 Å². The third-order valence-electron chi connectivity index (χ3n) is 0. The van der Waals surface area contributed by atoms with Crippen molar-refractivity contribution in [2.75, 3.05) is 0 Å². The molecule has 0 saturated heterocycles. The van der Waals surface area contributed by atoms with Gasteiger partial charge in [0.25, 0.3) is 15.3 Å². The Morgan fingerprint density at radius 2 is 0.692 bits per heavy atom. The van der Waals surface area contributed by atoms with E-state index in [0.29, 0.717) is 0 Å². The zero-order valence-corrected chi connectivity index (χ0v) is 8.16. The van der Waals surface area contributed by atoms with Gasteiger partial charge in [0.15, 0.2) is 0 Å². The van der Waals surface area contributed by atoms with Crippen LogP contribution in [-0.2, 0) is 0 Å². The molecule has 0 bridgehead atoms. The summed E-state index contributed by atoms with van der Waals surface area (Å²) >= 11 is 0. The standard InChI is InChI=1S/3HNO3.Sm/c3*2-1(3)4;/h3*(H,2,3,4);. The molecule has 0 aromatic rings. The Labute approximate surface area is 101 Å². The average molecular weight is 339 g/mol. The van der Waals surface area contributed by atoms with Crippen LogP contribution in [0.2, 0.25) is 0 Å². The van der Waals surface area contributed by atoms with Crippen molar-refractivity contribution in [2.24, 2.45) is 0 Å². The van der Waals surface area contributed by atoms with Gasteiger partial charge in [-0.05, 0) is 0 Å². The summed E-state index contributed by atoms with van der Waals surface area (Å²) in [7, 11) is 0. The number of hydrogen-bond donors (Lipinski definition) is 3. The minimum absolute atomic E-state index is 0. The van der Waals surface area contributed by atoms with Crippen molar-refractivity contribution in [2.45, 2.75) is 0 Å². The van der Waals surface area contributed by atoms with Crippen LogP contribution in [0.15, 0.2) is 0 Å². The molecule has 13 heavy (non-hydrogen) atoms. The molecule has 0 aliphatic rings. The zero-order valence-electron chi connectivity index (χ0n) is 5.54. The fraction of sp³-hybridized carbons (Fsp3) is 0. The average Bonchev–Trinajstić information content (AvgIpc) is 1.54. The molecule has 0 saturated carbocycles. The van der Waals surface area contributed by atoms with Crippen molar-refractivity contribution in [3.05, 3.63) is 30.3 Å². The topological polar surface area (TPSA) is 190 Å². The van der Waals surface area contributed by atoms with E-state index in [-0.39, 0.29) is 40.4 Å². The van der Waals surface area contributed by atoms with Crippen LogP contribution in [0, 0.1) is 70.7 Å². The SMILES string of the molecule is O=[N+]([O-])O.O=[N+]([O-])O.O=[N+]([O-])O.[Sm]. The van der Waals surface area contributed by atoms with Gasteiger partial charge < -0.3 is 15.6 Å². The number of nitrogens with zero attached hydrogens (tertiary/aromatic N) is 3. The first-order chi connectivity index (χ1) is 5.20. The van der Waals surface area contributed by atoms with Gasteiger partial charge in [-0.3, -0.25) is 0 Å². The summed E-state index contributed by atoms with van der Waals surface area (Å²) in [5.74, 6) is 0. The van der Waals surface area contributed by atoms with Crippen LogP contribution in [0.3, 0.4) is 0 Å². The van der Waals surface area contributed by atoms with Crippen LogP contribution in [0.4, 0.5) is 0 Å². The molecular formula is H3N3O9Sm. The molecule has 0 heterocycles. The summed E-state index contributed by atoms with van der Waals surface area (Å²) < 4.78 is 0. The smallest absolute Gasteiger partial charge is 0.291 e. The Bertz CT molecular complexity index is 112. The predicted molar refractivity (Wildman–Crippen MR) is 26.3 cm³/mol. The van der Waals surface area contributed by atoms with Gasteiger partial charge in [0, 0.05) is 40.4 Å². The van der Waals surface area contributed by atoms with Crippen molar-refractivity contribution in [1.82, 2.24) is 0 Å². The zero-order chi connectivity index (χ0) is 10.7. The van der Waals surface area contributed by atoms with Crippen LogP contribution in [0.5, 0.6) is 0 Å². The molecule has 0 radical (unpaired) electrons. The molecule has 0 aliphatic carbocycles. The molecule has 0 amide bonds. The molecule has 0 spiro atoms. The van der Waals surface area contributed by atoms with E-state index in [4.69, 9.17) is 46.0 Å². The Hall–Kier alpha value is -1.06. The van der Waals surface area contributed by atoms with E-state index in [9.17, 15) is 0 Å². The van der Waals surface area contributed by atoms with E-state index < -0.39 is 15.3 Å². The number of rotatable bonds is 0. The first kappa shape index (κ1) is 22.7. The Kier molecular flexibility index (Phi) is 29.9. The Balaban J connectivity index is -0.0000000450. The van der Waals surface area contributed by atoms with Gasteiger partial charge in [-0.25, -0.2) is 0 Å². The first-order valence-electron chi connectivity index (χ1n) is 1.70. The van der Waals surface area contributed by atoms with Gasteiger partial charge in [-0.15, -0.1) is 30.3 Å². The summed E-state index contributed by atoms with van der Waals surface area (Å²) in [5, 5.41) is 40.9. The van der Waals surface area contributed by atoms with E-state index in [2.05, 4.69) is 0 Å². The largest absolute Gasteiger partial charge is 0.328 e. The Morgan fingerprint density at radius 1 is 0.692 bits per heavy atom. The second-order valence-corrected chi connectivity index (χ2v) is 0.714. The summed E-state index contributed by atoms with van der Waals surface area (Å²) in [6, 6.07) is 0. The van der Waals surface area contributed by atoms with E-state index in [1.807, 2.05) is 0 Å². The maximum absolute atomic E-state index is 8.36. The van der Waals surface area contributed by atoms with Gasteiger partial charge in [0.2, 0.25) is 0 Å². The van der Waals surface area contributed by atoms with Crippen LogP contribution in [-0.4, -0.2) is 30.9 Å². The normalized spacial score (nSPS) is 5.54. The van der Waals surface area contributed by atoms with Crippen LogP contribution in [0.25, 0.3) is 0 Å². The summed E-state index contributed by atoms with van der Waals surface area (Å²) in [5.41, 5.74) is 0. The molecule has 0 aliphatic heterocycles. The molecule has 3 N–H and O–H groups in total. The van der Waals surface area contributed by atoms with Crippen LogP contribution >= 0.6 is 0 Å². The molecular weight excluding hydrogens is 336 g/mol. The minimum Gasteiger partial charge on any atom is -0.328 e. The fourth-order valence-corrected chi connectivity index (χ4v) is 0. The summed E-state index contributed by atoms with van der Waals surface area (Å²) in [6.07, 6.45) is 0. The first-order valence-corrected chi connectivity index (χ1v) is 1.70. The van der Waals surface area contributed by atoms with Crippen LogP contribution < -0.4 is 0 Å². The number of hydrogen-bond acceptors (Lipinski definition) is 6. The second-order valence-electron chi connectivity index (χ2n) is 0.714. The third-order valence-corrected chi connectivity index (χ3v) is 0. The maximum atomic E-state index is 8.36. The van der Waals surface area contributed by atoms with Crippen molar-refractivity contribution >= 4 is 0 Å². The molecule has 12 nitrogen and oxygen atoms in total. The van der Waals surface area contributed by atoms with Crippen molar-refractivity contribution in [3.8, 4) is 0 Å². The van der Waals surface area contributed by atoms with Crippen molar-refractivity contribution in [1.29, 1.82) is 0 Å². The molecule has 0 unspecified atom stereocenters. The van der Waals surface area contributed by atoms with E-state index in [1.165, 1.54) is 0 Å². The van der Waals surface area contributed by atoms with Gasteiger partial charge in [0.1, 0.15) is 0 Å². The second kappa shape index (κ2) is 17.1. The molecule has 0 atom stereocenters. The predicted octanol–water partition coefficient (Wildman–Crippen LogP) is -1.04. The molecule has 0 fully saturated rings. The van der Waals surface area contributed by atoms with Crippen LogP contribution in [0.1, 0.15) is 0 Å². The monoisotopic (exact) mass is 341 g/mol. The van der Waals surface area contributed by atoms with Gasteiger partial charge in [-0.1, -0.05) is 0 Å². The minimum atomic E-state index is -1.50. The fourth-order valence-electron chi connectivity index (χ4n) is 0. The van der Waals surface area contributed by atoms with Gasteiger partial charge >= 0.3 is 0 Å². The van der Waals surface area contributed by atoms with E-state index >= 15 is 0 Å². The van der Waals surface area contributed by atoms with Gasteiger partial charge in [-0.2, -0.15) is 0 Å². The van der Waals surface area contributed by atoms with E-state index in [0.717, 1.165) is 0 Å². The molecule has 0 aromatic heterocycles. The molecule has 0 rings (SSSR count). The molecule has 78 valence electrons. The van der Waals surface area contributed by atoms with E-state index in [1.54, 1.807) is 0 Å². The molecule has 13 heteroatoms.